The number of hydrogen-bond donors (Lipinski definition) is 0. The molecular formula is C88H152O. The zero-order chi connectivity index (χ0) is 73.0. The predicted molar refractivity (Wildman–Crippen MR) is 409 cm³/mol. The Labute approximate surface area is 565 Å². The molecule has 2 rings (SSSR count). The summed E-state index contributed by atoms with van der Waals surface area (Å²) in [6.45, 7) is 93.7. The summed E-state index contributed by atoms with van der Waals surface area (Å²) in [5, 5.41) is 0. The van der Waals surface area contributed by atoms with Gasteiger partial charge < -0.3 is 4.74 Å². The maximum atomic E-state index is 4.76. The van der Waals surface area contributed by atoms with Gasteiger partial charge in [-0.2, -0.15) is 0 Å². The Balaban J connectivity index is -0.000000137. The average molecular weight is 1230 g/mol. The first kappa shape index (κ1) is 101. The predicted octanol–water partition coefficient (Wildman–Crippen LogP) is 25.3. The second-order valence-corrected chi connectivity index (χ2v) is 36.3. The molecule has 0 N–H and O–H groups in total. The summed E-state index contributed by atoms with van der Waals surface area (Å²) in [6.07, 6.45) is 6.25. The summed E-state index contributed by atoms with van der Waals surface area (Å²) in [5.74, 6) is 65.5. The van der Waals surface area contributed by atoms with Crippen molar-refractivity contribution in [2.75, 3.05) is 13.7 Å². The number of ether oxygens (including phenoxy) is 1. The molecule has 0 aromatic rings. The quantitative estimate of drug-likeness (QED) is 0.238. The fourth-order valence-corrected chi connectivity index (χ4v) is 4.12. The molecular weight excluding hydrogens is 1070 g/mol. The summed E-state index contributed by atoms with van der Waals surface area (Å²) in [7, 11) is 1.65. The second kappa shape index (κ2) is 47.4. The zero-order valence-corrected chi connectivity index (χ0v) is 68.5. The van der Waals surface area contributed by atoms with Crippen LogP contribution < -0.4 is 0 Å². The molecule has 0 spiro atoms. The van der Waals surface area contributed by atoms with Crippen molar-refractivity contribution in [2.24, 2.45) is 94.6 Å². The minimum Gasteiger partial charge on any atom is -0.372 e. The van der Waals surface area contributed by atoms with Gasteiger partial charge in [0.2, 0.25) is 0 Å². The highest BCUT2D eigenvalue weighted by Gasteiger charge is 2.35. The van der Waals surface area contributed by atoms with Gasteiger partial charge in [0.05, 0.1) is 0 Å². The van der Waals surface area contributed by atoms with Crippen molar-refractivity contribution in [1.82, 2.24) is 0 Å². The van der Waals surface area contributed by atoms with Crippen LogP contribution in [0.1, 0.15) is 337 Å². The van der Waals surface area contributed by atoms with Crippen LogP contribution in [0.5, 0.6) is 0 Å². The van der Waals surface area contributed by atoms with Gasteiger partial charge in [-0.15, -0.1) is 11.8 Å². The zero-order valence-electron chi connectivity index (χ0n) is 68.5. The highest BCUT2D eigenvalue weighted by atomic mass is 16.5. The maximum Gasteiger partial charge on any atom is 0.107 e. The third-order valence-electron chi connectivity index (χ3n) is 8.54. The molecule has 2 aliphatic carbocycles. The van der Waals surface area contributed by atoms with E-state index in [4.69, 9.17) is 4.74 Å². The lowest BCUT2D eigenvalue weighted by Gasteiger charge is -2.12. The van der Waals surface area contributed by atoms with Crippen molar-refractivity contribution in [3.8, 4) is 118 Å². The highest BCUT2D eigenvalue weighted by Crippen LogP contribution is 2.44. The van der Waals surface area contributed by atoms with Crippen molar-refractivity contribution >= 4 is 0 Å². The van der Waals surface area contributed by atoms with E-state index >= 15 is 0 Å². The normalized spacial score (nSPS) is 12.7. The van der Waals surface area contributed by atoms with Gasteiger partial charge in [0, 0.05) is 108 Å². The van der Waals surface area contributed by atoms with E-state index in [1.807, 2.05) is 6.92 Å². The lowest BCUT2D eigenvalue weighted by Crippen LogP contribution is -2.05. The summed E-state index contributed by atoms with van der Waals surface area (Å²) in [5.41, 5.74) is 2.26. The van der Waals surface area contributed by atoms with Gasteiger partial charge in [-0.1, -0.05) is 169 Å². The molecule has 0 saturated heterocycles. The fraction of sp³-hybridized carbons (Fsp3) is 0.773. The maximum absolute atomic E-state index is 4.76. The first-order chi connectivity index (χ1) is 39.0. The molecule has 1 nitrogen and oxygen atoms in total. The number of hydrogen-bond acceptors (Lipinski definition) is 1. The highest BCUT2D eigenvalue weighted by molar-refractivity contribution is 5.21. The minimum absolute atomic E-state index is 0.110. The van der Waals surface area contributed by atoms with Crippen LogP contribution in [0.4, 0.5) is 0 Å². The van der Waals surface area contributed by atoms with Gasteiger partial charge in [0.25, 0.3) is 0 Å². The van der Waals surface area contributed by atoms with Gasteiger partial charge in [0.1, 0.15) is 6.61 Å². The van der Waals surface area contributed by atoms with E-state index in [-0.39, 0.29) is 59.6 Å². The van der Waals surface area contributed by atoms with Gasteiger partial charge in [-0.3, -0.25) is 0 Å². The third kappa shape index (κ3) is 142. The largest absolute Gasteiger partial charge is 0.372 e. The fourth-order valence-electron chi connectivity index (χ4n) is 4.12. The van der Waals surface area contributed by atoms with Crippen LogP contribution in [0.15, 0.2) is 0 Å². The van der Waals surface area contributed by atoms with E-state index < -0.39 is 0 Å². The van der Waals surface area contributed by atoms with Gasteiger partial charge in [-0.25, -0.2) is 0 Å². The number of rotatable bonds is 1. The molecule has 510 valence electrons. The Morgan fingerprint density at radius 1 is 0.337 bits per heavy atom. The summed E-state index contributed by atoms with van der Waals surface area (Å²) in [4.78, 5) is 0. The topological polar surface area (TPSA) is 9.23 Å². The molecule has 0 amide bonds. The molecule has 2 aliphatic rings. The average Bonchev–Trinajstić information content (AvgIpc) is 4.24. The smallest absolute Gasteiger partial charge is 0.107 e. The van der Waals surface area contributed by atoms with Crippen LogP contribution in [-0.2, 0) is 4.74 Å². The summed E-state index contributed by atoms with van der Waals surface area (Å²) in [6, 6.07) is 0. The molecule has 2 saturated carbocycles. The second-order valence-electron chi connectivity index (χ2n) is 36.3. The van der Waals surface area contributed by atoms with Crippen molar-refractivity contribution in [3.63, 3.8) is 0 Å². The van der Waals surface area contributed by atoms with E-state index in [0.29, 0.717) is 35.7 Å². The molecule has 0 bridgehead atoms. The first-order valence-corrected chi connectivity index (χ1v) is 33.7. The Morgan fingerprint density at radius 3 is 0.708 bits per heavy atom. The summed E-state index contributed by atoms with van der Waals surface area (Å²) < 4.78 is 4.76. The Morgan fingerprint density at radius 2 is 0.573 bits per heavy atom. The Bertz CT molecular complexity index is 2250. The van der Waals surface area contributed by atoms with Crippen molar-refractivity contribution in [3.05, 3.63) is 0 Å². The third-order valence-corrected chi connectivity index (χ3v) is 8.54. The van der Waals surface area contributed by atoms with Gasteiger partial charge >= 0.3 is 0 Å². The van der Waals surface area contributed by atoms with Crippen LogP contribution in [0.25, 0.3) is 0 Å². The van der Waals surface area contributed by atoms with Gasteiger partial charge in [-0.05, 0) is 268 Å². The van der Waals surface area contributed by atoms with E-state index in [1.165, 1.54) is 25.7 Å². The minimum atomic E-state index is 0.110. The van der Waals surface area contributed by atoms with Crippen LogP contribution in [0.2, 0.25) is 0 Å². The van der Waals surface area contributed by atoms with Crippen LogP contribution in [0.3, 0.4) is 0 Å². The van der Waals surface area contributed by atoms with Crippen molar-refractivity contribution < 1.29 is 4.74 Å². The first-order valence-electron chi connectivity index (χ1n) is 33.7. The van der Waals surface area contributed by atoms with Crippen molar-refractivity contribution in [2.45, 2.75) is 337 Å². The SMILES string of the molecule is CC#CC(C)(C)C.CC(C)(C)C#CC(C)(C)C.CC(C)(C)C#CC1(C)CC1.CC(C)(C)C#CC1CC1.CC(C)C#CC(C)(C)C.CC(C)C#CC(C)(C)C.CC(C)C#CC(C)(C)C.CC(C)C#CC(C)(C)C.CCC#CC(C)(C)C.COCC#CC(C)(C)C. The molecule has 0 unspecified atom stereocenters. The molecule has 0 atom stereocenters. The molecule has 0 heterocycles. The lowest BCUT2D eigenvalue weighted by atomic mass is 9.92. The molecule has 0 aliphatic heterocycles. The number of methoxy groups -OCH3 is 1. The molecule has 0 radical (unpaired) electrons. The van der Waals surface area contributed by atoms with E-state index in [0.717, 1.165) is 12.3 Å². The molecule has 0 aromatic carbocycles. The molecule has 1 heteroatoms. The van der Waals surface area contributed by atoms with Crippen LogP contribution >= 0.6 is 0 Å². The van der Waals surface area contributed by atoms with E-state index in [1.54, 1.807) is 7.11 Å². The van der Waals surface area contributed by atoms with E-state index in [2.05, 4.69) is 416 Å². The molecule has 2 fully saturated rings. The van der Waals surface area contributed by atoms with Crippen LogP contribution in [0, 0.1) is 213 Å². The lowest BCUT2D eigenvalue weighted by molar-refractivity contribution is 0.239. The molecule has 89 heavy (non-hydrogen) atoms. The van der Waals surface area contributed by atoms with Gasteiger partial charge in [0.15, 0.2) is 0 Å². The Kier molecular flexibility index (Phi) is 53.7. The van der Waals surface area contributed by atoms with Crippen molar-refractivity contribution in [1.29, 1.82) is 0 Å². The molecule has 0 aromatic heterocycles. The monoisotopic (exact) mass is 1230 g/mol. The van der Waals surface area contributed by atoms with E-state index in [9.17, 15) is 0 Å². The van der Waals surface area contributed by atoms with Crippen LogP contribution in [-0.4, -0.2) is 13.7 Å². The Hall–Kier alpha value is -4.44. The standard InChI is InChI=1S/C10H16.C10H18.C9H14.4C9H16.C8H14O.C8H14.C7H12/c1-9(2,3)5-6-10(4)7-8-10;1-9(2,3)7-8-10(4,5)6;1-9(2,3)7-6-8-4-5-8;4*1-8(2)6-7-9(3,4)5;1-8(2,3)6-5-7-9-4;1-5-6-7-8(2,3)4;1-5-6-7(2,3)4/h7-8H2,1-4H3;1-6H3;8H,4-5H2,1-3H3;4*8H,1-5H3;7H2,1-4H3;5H2,1-4H3;1-4H3. The summed E-state index contributed by atoms with van der Waals surface area (Å²) >= 11 is 0.